The number of carbonyl (C=O) groups is 1. The van der Waals surface area contributed by atoms with Crippen molar-refractivity contribution in [3.05, 3.63) is 17.5 Å². The van der Waals surface area contributed by atoms with Crippen molar-refractivity contribution in [2.75, 3.05) is 0 Å². The van der Waals surface area contributed by atoms with Crippen LogP contribution in [0.3, 0.4) is 0 Å². The van der Waals surface area contributed by atoms with Crippen LogP contribution in [0, 0.1) is 6.92 Å². The molecule has 0 aliphatic heterocycles. The third kappa shape index (κ3) is 3.18. The maximum atomic E-state index is 10.4. The van der Waals surface area contributed by atoms with E-state index in [4.69, 9.17) is 15.4 Å². The second-order valence-corrected chi connectivity index (χ2v) is 3.27. The van der Waals surface area contributed by atoms with E-state index in [9.17, 15) is 4.79 Å². The lowest BCUT2D eigenvalue weighted by Gasteiger charge is -2.03. The normalized spacial score (nSPS) is 12.7. The highest BCUT2D eigenvalue weighted by Crippen LogP contribution is 2.07. The molecule has 1 rings (SSSR count). The zero-order chi connectivity index (χ0) is 10.6. The van der Waals surface area contributed by atoms with Crippen LogP contribution in [0.5, 0.6) is 0 Å². The molecule has 78 valence electrons. The van der Waals surface area contributed by atoms with Crippen LogP contribution in [-0.4, -0.2) is 22.3 Å². The molecule has 0 radical (unpaired) electrons. The van der Waals surface area contributed by atoms with Crippen molar-refractivity contribution in [2.45, 2.75) is 32.2 Å². The lowest BCUT2D eigenvalue weighted by atomic mass is 10.1. The van der Waals surface area contributed by atoms with E-state index >= 15 is 0 Å². The Labute approximate surface area is 81.9 Å². The summed E-state index contributed by atoms with van der Waals surface area (Å²) in [4.78, 5) is 10.4. The van der Waals surface area contributed by atoms with Gasteiger partial charge in [-0.05, 0) is 19.8 Å². The minimum absolute atomic E-state index is 0.453. The fourth-order valence-corrected chi connectivity index (χ4v) is 1.15. The largest absolute Gasteiger partial charge is 0.480 e. The van der Waals surface area contributed by atoms with Gasteiger partial charge in [0.25, 0.3) is 0 Å². The van der Waals surface area contributed by atoms with Crippen LogP contribution in [0.4, 0.5) is 0 Å². The Morgan fingerprint density at radius 3 is 3.00 bits per heavy atom. The lowest BCUT2D eigenvalue weighted by molar-refractivity contribution is -0.138. The molecule has 5 nitrogen and oxygen atoms in total. The first-order chi connectivity index (χ1) is 6.59. The number of rotatable bonds is 5. The van der Waals surface area contributed by atoms with Crippen molar-refractivity contribution in [1.82, 2.24) is 5.16 Å². The van der Waals surface area contributed by atoms with E-state index in [2.05, 4.69) is 5.16 Å². The molecule has 0 saturated carbocycles. The van der Waals surface area contributed by atoms with E-state index in [0.29, 0.717) is 19.3 Å². The number of aromatic nitrogens is 1. The van der Waals surface area contributed by atoms with Gasteiger partial charge in [0.1, 0.15) is 11.8 Å². The van der Waals surface area contributed by atoms with Gasteiger partial charge in [0.15, 0.2) is 0 Å². The molecule has 0 amide bonds. The molecule has 1 aromatic heterocycles. The Kier molecular flexibility index (Phi) is 3.64. The number of carboxylic acid groups (broad SMARTS) is 1. The summed E-state index contributed by atoms with van der Waals surface area (Å²) < 4.78 is 4.97. The molecule has 1 aromatic rings. The summed E-state index contributed by atoms with van der Waals surface area (Å²) in [7, 11) is 0. The fourth-order valence-electron chi connectivity index (χ4n) is 1.15. The van der Waals surface area contributed by atoms with Crippen LogP contribution in [0.2, 0.25) is 0 Å². The van der Waals surface area contributed by atoms with Gasteiger partial charge in [0.2, 0.25) is 0 Å². The Bertz CT molecular complexity index is 309. The molecule has 1 unspecified atom stereocenters. The van der Waals surface area contributed by atoms with E-state index in [1.807, 2.05) is 13.0 Å². The summed E-state index contributed by atoms with van der Waals surface area (Å²) in [5.41, 5.74) is 6.18. The third-order valence-electron chi connectivity index (χ3n) is 1.93. The van der Waals surface area contributed by atoms with Crippen molar-refractivity contribution < 1.29 is 14.4 Å². The monoisotopic (exact) mass is 198 g/mol. The van der Waals surface area contributed by atoms with Gasteiger partial charge >= 0.3 is 5.97 Å². The van der Waals surface area contributed by atoms with Crippen LogP contribution < -0.4 is 5.73 Å². The van der Waals surface area contributed by atoms with E-state index in [0.717, 1.165) is 11.5 Å². The maximum absolute atomic E-state index is 10.4. The minimum atomic E-state index is -0.959. The van der Waals surface area contributed by atoms with Gasteiger partial charge in [-0.3, -0.25) is 4.79 Å². The first-order valence-electron chi connectivity index (χ1n) is 4.50. The first kappa shape index (κ1) is 10.7. The van der Waals surface area contributed by atoms with Gasteiger partial charge in [0, 0.05) is 12.5 Å². The zero-order valence-electron chi connectivity index (χ0n) is 8.06. The number of aliphatic carboxylic acids is 1. The van der Waals surface area contributed by atoms with E-state index in [1.165, 1.54) is 0 Å². The third-order valence-corrected chi connectivity index (χ3v) is 1.93. The highest BCUT2D eigenvalue weighted by molar-refractivity contribution is 5.72. The van der Waals surface area contributed by atoms with Crippen molar-refractivity contribution in [1.29, 1.82) is 0 Å². The lowest BCUT2D eigenvalue weighted by Crippen LogP contribution is -2.29. The van der Waals surface area contributed by atoms with Crippen LogP contribution in [0.25, 0.3) is 0 Å². The second-order valence-electron chi connectivity index (χ2n) is 3.27. The van der Waals surface area contributed by atoms with E-state index < -0.39 is 12.0 Å². The highest BCUT2D eigenvalue weighted by Gasteiger charge is 2.11. The van der Waals surface area contributed by atoms with Crippen LogP contribution in [-0.2, 0) is 11.2 Å². The summed E-state index contributed by atoms with van der Waals surface area (Å²) in [6, 6.07) is 1.06. The number of hydrogen-bond acceptors (Lipinski definition) is 4. The Morgan fingerprint density at radius 2 is 2.50 bits per heavy atom. The minimum Gasteiger partial charge on any atom is -0.480 e. The number of hydrogen-bond donors (Lipinski definition) is 2. The number of nitrogens with two attached hydrogens (primary N) is 1. The SMILES string of the molecule is Cc1cc(CCCC(N)C(=O)O)on1. The summed E-state index contributed by atoms with van der Waals surface area (Å²) in [5.74, 6) is -0.182. The average Bonchev–Trinajstić information content (AvgIpc) is 2.51. The van der Waals surface area contributed by atoms with Gasteiger partial charge in [-0.15, -0.1) is 0 Å². The molecule has 5 heteroatoms. The predicted octanol–water partition coefficient (Wildman–Crippen LogP) is 0.718. The molecule has 0 bridgehead atoms. The zero-order valence-corrected chi connectivity index (χ0v) is 8.06. The molecular formula is C9H14N2O3. The standard InChI is InChI=1S/C9H14N2O3/c1-6-5-7(14-11-6)3-2-4-8(10)9(12)13/h5,8H,2-4,10H2,1H3,(H,12,13). The molecule has 0 aromatic carbocycles. The smallest absolute Gasteiger partial charge is 0.320 e. The number of carboxylic acids is 1. The number of nitrogens with zero attached hydrogens (tertiary/aromatic N) is 1. The van der Waals surface area contributed by atoms with Gasteiger partial charge in [0.05, 0.1) is 5.69 Å². The molecule has 0 saturated heterocycles. The van der Waals surface area contributed by atoms with Crippen molar-refractivity contribution in [2.24, 2.45) is 5.73 Å². The Morgan fingerprint density at radius 1 is 1.79 bits per heavy atom. The summed E-state index contributed by atoms with van der Waals surface area (Å²) in [5, 5.41) is 12.2. The maximum Gasteiger partial charge on any atom is 0.320 e. The molecule has 0 spiro atoms. The Balaban J connectivity index is 2.25. The average molecular weight is 198 g/mol. The topological polar surface area (TPSA) is 89.4 Å². The second kappa shape index (κ2) is 4.76. The van der Waals surface area contributed by atoms with Crippen LogP contribution in [0.1, 0.15) is 24.3 Å². The highest BCUT2D eigenvalue weighted by atomic mass is 16.5. The molecule has 0 aliphatic carbocycles. The summed E-state index contributed by atoms with van der Waals surface area (Å²) in [6.07, 6.45) is 1.83. The van der Waals surface area contributed by atoms with Gasteiger partial charge in [-0.1, -0.05) is 5.16 Å². The molecule has 3 N–H and O–H groups in total. The fraction of sp³-hybridized carbons (Fsp3) is 0.556. The quantitative estimate of drug-likeness (QED) is 0.727. The summed E-state index contributed by atoms with van der Waals surface area (Å²) in [6.45, 7) is 1.84. The molecular weight excluding hydrogens is 184 g/mol. The van der Waals surface area contributed by atoms with E-state index in [1.54, 1.807) is 0 Å². The predicted molar refractivity (Wildman–Crippen MR) is 49.8 cm³/mol. The van der Waals surface area contributed by atoms with Crippen molar-refractivity contribution in [3.8, 4) is 0 Å². The van der Waals surface area contributed by atoms with Gasteiger partial charge in [-0.25, -0.2) is 0 Å². The van der Waals surface area contributed by atoms with Crippen LogP contribution >= 0.6 is 0 Å². The molecule has 0 aliphatic rings. The molecule has 1 atom stereocenters. The Hall–Kier alpha value is -1.36. The van der Waals surface area contributed by atoms with E-state index in [-0.39, 0.29) is 0 Å². The first-order valence-corrected chi connectivity index (χ1v) is 4.50. The summed E-state index contributed by atoms with van der Waals surface area (Å²) >= 11 is 0. The van der Waals surface area contributed by atoms with Crippen molar-refractivity contribution in [3.63, 3.8) is 0 Å². The molecule has 14 heavy (non-hydrogen) atoms. The van der Waals surface area contributed by atoms with Crippen LogP contribution in [0.15, 0.2) is 10.6 Å². The molecule has 0 fully saturated rings. The van der Waals surface area contributed by atoms with Gasteiger partial charge in [-0.2, -0.15) is 0 Å². The number of aryl methyl sites for hydroxylation is 2. The van der Waals surface area contributed by atoms with Gasteiger partial charge < -0.3 is 15.4 Å². The molecule has 1 heterocycles. The van der Waals surface area contributed by atoms with Crippen molar-refractivity contribution >= 4 is 5.97 Å².